The zero-order chi connectivity index (χ0) is 12.7. The first-order chi connectivity index (χ1) is 8.08. The Balaban J connectivity index is 2.06. The highest BCUT2D eigenvalue weighted by molar-refractivity contribution is 7.80. The fourth-order valence-corrected chi connectivity index (χ4v) is 1.64. The molecule has 0 unspecified atom stereocenters. The molecule has 17 heavy (non-hydrogen) atoms. The molecule has 1 fully saturated rings. The molecule has 1 saturated heterocycles. The lowest BCUT2D eigenvalue weighted by molar-refractivity contribution is -0.123. The quantitative estimate of drug-likeness (QED) is 0.401. The Morgan fingerprint density at radius 3 is 2.94 bits per heavy atom. The van der Waals surface area contributed by atoms with E-state index in [1.165, 1.54) is 0 Å². The minimum absolute atomic E-state index is 0.0430. The van der Waals surface area contributed by atoms with E-state index in [4.69, 9.17) is 22.1 Å². The minimum Gasteiger partial charge on any atom is -0.393 e. The lowest BCUT2D eigenvalue weighted by atomic mass is 10.2. The summed E-state index contributed by atoms with van der Waals surface area (Å²) in [6.07, 6.45) is 1.69. The van der Waals surface area contributed by atoms with Crippen LogP contribution < -0.4 is 16.2 Å². The standard InChI is InChI=1S/C10H19N3O3S/c1-7(14)5-9(15)12-13-10(17)11-6-8-3-2-4-16-8/h7-8,14H,2-6H2,1H3,(H,12,15)(H2,11,13,17)/t7-,8-/m1/s1. The number of thiocarbonyl (C=S) groups is 1. The number of aliphatic hydroxyl groups is 1. The molecule has 0 aromatic carbocycles. The largest absolute Gasteiger partial charge is 0.393 e. The Morgan fingerprint density at radius 1 is 1.59 bits per heavy atom. The molecule has 0 radical (unpaired) electrons. The van der Waals surface area contributed by atoms with E-state index in [1.54, 1.807) is 6.92 Å². The molecule has 1 amide bonds. The number of amides is 1. The van der Waals surface area contributed by atoms with Crippen molar-refractivity contribution in [2.45, 2.75) is 38.4 Å². The fraction of sp³-hybridized carbons (Fsp3) is 0.800. The van der Waals surface area contributed by atoms with Crippen LogP contribution in [0.1, 0.15) is 26.2 Å². The van der Waals surface area contributed by atoms with Gasteiger partial charge in [-0.2, -0.15) is 0 Å². The maximum absolute atomic E-state index is 11.2. The van der Waals surface area contributed by atoms with E-state index in [9.17, 15) is 4.79 Å². The van der Waals surface area contributed by atoms with E-state index in [-0.39, 0.29) is 18.4 Å². The molecular formula is C10H19N3O3S. The number of aliphatic hydroxyl groups excluding tert-OH is 1. The van der Waals surface area contributed by atoms with Crippen molar-refractivity contribution in [1.82, 2.24) is 16.2 Å². The predicted molar refractivity (Wildman–Crippen MR) is 67.2 cm³/mol. The number of rotatable bonds is 4. The van der Waals surface area contributed by atoms with Crippen LogP contribution in [0.2, 0.25) is 0 Å². The van der Waals surface area contributed by atoms with Crippen LogP contribution in [0.5, 0.6) is 0 Å². The van der Waals surface area contributed by atoms with Crippen LogP contribution in [0.3, 0.4) is 0 Å². The first-order valence-electron chi connectivity index (χ1n) is 5.70. The van der Waals surface area contributed by atoms with Crippen molar-refractivity contribution in [3.8, 4) is 0 Å². The molecule has 98 valence electrons. The van der Waals surface area contributed by atoms with Crippen LogP contribution in [0, 0.1) is 0 Å². The number of hydrogen-bond donors (Lipinski definition) is 4. The summed E-state index contributed by atoms with van der Waals surface area (Å²) >= 11 is 4.97. The van der Waals surface area contributed by atoms with E-state index >= 15 is 0 Å². The number of hydrogen-bond acceptors (Lipinski definition) is 4. The molecule has 1 heterocycles. The summed E-state index contributed by atoms with van der Waals surface area (Å²) in [6.45, 7) is 2.99. The number of carbonyl (C=O) groups excluding carboxylic acids is 1. The molecule has 2 atom stereocenters. The van der Waals surface area contributed by atoms with Crippen molar-refractivity contribution in [2.24, 2.45) is 0 Å². The molecule has 4 N–H and O–H groups in total. The molecule has 0 aromatic rings. The highest BCUT2D eigenvalue weighted by Gasteiger charge is 2.15. The van der Waals surface area contributed by atoms with Gasteiger partial charge in [-0.3, -0.25) is 15.6 Å². The van der Waals surface area contributed by atoms with Gasteiger partial charge in [0.25, 0.3) is 0 Å². The van der Waals surface area contributed by atoms with Gasteiger partial charge in [0.1, 0.15) is 0 Å². The van der Waals surface area contributed by atoms with Crippen molar-refractivity contribution >= 4 is 23.2 Å². The number of hydrazine groups is 1. The molecule has 6 nitrogen and oxygen atoms in total. The fourth-order valence-electron chi connectivity index (χ4n) is 1.50. The van der Waals surface area contributed by atoms with Crippen molar-refractivity contribution in [3.05, 3.63) is 0 Å². The monoisotopic (exact) mass is 261 g/mol. The SMILES string of the molecule is C[C@@H](O)CC(=O)NNC(=S)NC[C@H]1CCCO1. The lowest BCUT2D eigenvalue weighted by Crippen LogP contribution is -2.48. The van der Waals surface area contributed by atoms with Gasteiger partial charge in [-0.05, 0) is 32.0 Å². The molecule has 1 rings (SSSR count). The maximum atomic E-state index is 11.2. The van der Waals surface area contributed by atoms with Crippen LogP contribution in [-0.4, -0.2) is 41.5 Å². The van der Waals surface area contributed by atoms with Crippen LogP contribution in [0.4, 0.5) is 0 Å². The van der Waals surface area contributed by atoms with Gasteiger partial charge in [0.15, 0.2) is 5.11 Å². The molecule has 7 heteroatoms. The first-order valence-corrected chi connectivity index (χ1v) is 6.11. The Kier molecular flexibility index (Phi) is 6.17. The number of nitrogens with one attached hydrogen (secondary N) is 3. The second kappa shape index (κ2) is 7.41. The highest BCUT2D eigenvalue weighted by atomic mass is 32.1. The molecule has 1 aliphatic rings. The van der Waals surface area contributed by atoms with E-state index in [1.807, 2.05) is 0 Å². The summed E-state index contributed by atoms with van der Waals surface area (Å²) in [7, 11) is 0. The summed E-state index contributed by atoms with van der Waals surface area (Å²) in [5.74, 6) is -0.304. The summed E-state index contributed by atoms with van der Waals surface area (Å²) in [5, 5.41) is 12.3. The van der Waals surface area contributed by atoms with Crippen LogP contribution in [0.25, 0.3) is 0 Å². The van der Waals surface area contributed by atoms with E-state index in [2.05, 4.69) is 16.2 Å². The number of ether oxygens (including phenoxy) is 1. The topological polar surface area (TPSA) is 82.6 Å². The molecule has 1 aliphatic heterocycles. The average Bonchev–Trinajstić information content (AvgIpc) is 2.75. The predicted octanol–water partition coefficient (Wildman–Crippen LogP) is -0.568. The van der Waals surface area contributed by atoms with Gasteiger partial charge in [0, 0.05) is 13.2 Å². The normalized spacial score (nSPS) is 20.7. The average molecular weight is 261 g/mol. The van der Waals surface area contributed by atoms with Gasteiger partial charge < -0.3 is 15.2 Å². The lowest BCUT2D eigenvalue weighted by Gasteiger charge is -2.14. The molecule has 0 aliphatic carbocycles. The zero-order valence-electron chi connectivity index (χ0n) is 9.86. The summed E-state index contributed by atoms with van der Waals surface area (Å²) in [4.78, 5) is 11.2. The highest BCUT2D eigenvalue weighted by Crippen LogP contribution is 2.10. The second-order valence-corrected chi connectivity index (χ2v) is 4.48. The summed E-state index contributed by atoms with van der Waals surface area (Å²) < 4.78 is 5.41. The van der Waals surface area contributed by atoms with E-state index in [0.717, 1.165) is 19.4 Å². The van der Waals surface area contributed by atoms with Crippen molar-refractivity contribution < 1.29 is 14.6 Å². The van der Waals surface area contributed by atoms with Gasteiger partial charge in [-0.1, -0.05) is 0 Å². The van der Waals surface area contributed by atoms with Crippen LogP contribution in [-0.2, 0) is 9.53 Å². The van der Waals surface area contributed by atoms with Crippen molar-refractivity contribution in [1.29, 1.82) is 0 Å². The van der Waals surface area contributed by atoms with Crippen LogP contribution in [0.15, 0.2) is 0 Å². The second-order valence-electron chi connectivity index (χ2n) is 4.07. The zero-order valence-corrected chi connectivity index (χ0v) is 10.7. The Labute approximate surface area is 106 Å². The third kappa shape index (κ3) is 6.40. The first kappa shape index (κ1) is 14.1. The molecule has 0 saturated carbocycles. The third-order valence-electron chi connectivity index (χ3n) is 2.31. The summed E-state index contributed by atoms with van der Waals surface area (Å²) in [6, 6.07) is 0. The number of carbonyl (C=O) groups is 1. The minimum atomic E-state index is -0.662. The van der Waals surface area contributed by atoms with Crippen molar-refractivity contribution in [3.63, 3.8) is 0 Å². The Morgan fingerprint density at radius 2 is 2.35 bits per heavy atom. The molecule has 0 bridgehead atoms. The van der Waals surface area contributed by atoms with Crippen molar-refractivity contribution in [2.75, 3.05) is 13.2 Å². The van der Waals surface area contributed by atoms with Gasteiger partial charge in [-0.25, -0.2) is 0 Å². The smallest absolute Gasteiger partial charge is 0.240 e. The third-order valence-corrected chi connectivity index (χ3v) is 2.56. The van der Waals surface area contributed by atoms with Gasteiger partial charge in [-0.15, -0.1) is 0 Å². The Bertz CT molecular complexity index is 268. The van der Waals surface area contributed by atoms with E-state index in [0.29, 0.717) is 11.7 Å². The molecular weight excluding hydrogens is 242 g/mol. The summed E-state index contributed by atoms with van der Waals surface area (Å²) in [5.41, 5.74) is 4.96. The van der Waals surface area contributed by atoms with Gasteiger partial charge in [0.05, 0.1) is 18.6 Å². The van der Waals surface area contributed by atoms with Crippen LogP contribution >= 0.6 is 12.2 Å². The van der Waals surface area contributed by atoms with E-state index < -0.39 is 6.10 Å². The van der Waals surface area contributed by atoms with Gasteiger partial charge in [0.2, 0.25) is 5.91 Å². The Hall–Kier alpha value is -0.920. The van der Waals surface area contributed by atoms with Gasteiger partial charge >= 0.3 is 0 Å². The molecule has 0 aromatic heterocycles. The maximum Gasteiger partial charge on any atom is 0.240 e. The molecule has 0 spiro atoms.